The lowest BCUT2D eigenvalue weighted by Crippen LogP contribution is -2.21. The van der Waals surface area contributed by atoms with Crippen LogP contribution in [0.15, 0.2) is 22.7 Å². The lowest BCUT2D eigenvalue weighted by molar-refractivity contribution is 0.285. The molecule has 0 bridgehead atoms. The van der Waals surface area contributed by atoms with Crippen molar-refractivity contribution in [1.29, 1.82) is 0 Å². The van der Waals surface area contributed by atoms with E-state index in [9.17, 15) is 0 Å². The van der Waals surface area contributed by atoms with Gasteiger partial charge in [-0.05, 0) is 37.0 Å². The van der Waals surface area contributed by atoms with Crippen LogP contribution in [0.2, 0.25) is 0 Å². The fourth-order valence-electron chi connectivity index (χ4n) is 2.07. The molecule has 0 saturated carbocycles. The molecule has 3 heteroatoms. The number of halogens is 1. The molecule has 0 unspecified atom stereocenters. The predicted molar refractivity (Wildman–Crippen MR) is 66.4 cm³/mol. The zero-order valence-electron chi connectivity index (χ0n) is 8.75. The molecule has 1 N–H and O–H groups in total. The SMILES string of the molecule is OCCCCN1CCc2ccc(Br)cc21. The van der Waals surface area contributed by atoms with Gasteiger partial charge in [0.05, 0.1) is 0 Å². The summed E-state index contributed by atoms with van der Waals surface area (Å²) in [4.78, 5) is 2.41. The quantitative estimate of drug-likeness (QED) is 0.850. The first-order chi connectivity index (χ1) is 7.31. The highest BCUT2D eigenvalue weighted by Gasteiger charge is 2.18. The number of hydrogen-bond acceptors (Lipinski definition) is 2. The fraction of sp³-hybridized carbons (Fsp3) is 0.500. The van der Waals surface area contributed by atoms with Crippen LogP contribution in [0.3, 0.4) is 0 Å². The molecule has 1 aliphatic rings. The van der Waals surface area contributed by atoms with Gasteiger partial charge in [-0.25, -0.2) is 0 Å². The molecule has 2 nitrogen and oxygen atoms in total. The molecule has 0 amide bonds. The molecule has 0 fully saturated rings. The van der Waals surface area contributed by atoms with E-state index in [-0.39, 0.29) is 0 Å². The van der Waals surface area contributed by atoms with E-state index in [0.717, 1.165) is 36.8 Å². The number of aliphatic hydroxyl groups excluding tert-OH is 1. The van der Waals surface area contributed by atoms with Crippen molar-refractivity contribution in [2.24, 2.45) is 0 Å². The molecule has 0 spiro atoms. The van der Waals surface area contributed by atoms with Gasteiger partial charge in [0.25, 0.3) is 0 Å². The van der Waals surface area contributed by atoms with E-state index in [2.05, 4.69) is 39.0 Å². The second kappa shape index (κ2) is 4.99. The highest BCUT2D eigenvalue weighted by molar-refractivity contribution is 9.10. The maximum Gasteiger partial charge on any atom is 0.0431 e. The van der Waals surface area contributed by atoms with Crippen LogP contribution in [0, 0.1) is 0 Å². The lowest BCUT2D eigenvalue weighted by atomic mass is 10.2. The van der Waals surface area contributed by atoms with Gasteiger partial charge in [-0.1, -0.05) is 22.0 Å². The molecule has 0 aromatic heterocycles. The van der Waals surface area contributed by atoms with E-state index in [1.165, 1.54) is 11.3 Å². The van der Waals surface area contributed by atoms with Gasteiger partial charge < -0.3 is 10.0 Å². The van der Waals surface area contributed by atoms with Crippen LogP contribution in [0.5, 0.6) is 0 Å². The minimum Gasteiger partial charge on any atom is -0.396 e. The molecular formula is C12H16BrNO. The van der Waals surface area contributed by atoms with E-state index in [1.807, 2.05) is 0 Å². The first-order valence-electron chi connectivity index (χ1n) is 5.45. The number of anilines is 1. The third-order valence-electron chi connectivity index (χ3n) is 2.88. The Labute approximate surface area is 99.0 Å². The molecule has 1 aliphatic heterocycles. The third-order valence-corrected chi connectivity index (χ3v) is 3.37. The minimum absolute atomic E-state index is 0.305. The van der Waals surface area contributed by atoms with Crippen LogP contribution in [-0.2, 0) is 6.42 Å². The van der Waals surface area contributed by atoms with Gasteiger partial charge >= 0.3 is 0 Å². The summed E-state index contributed by atoms with van der Waals surface area (Å²) in [5.74, 6) is 0. The smallest absolute Gasteiger partial charge is 0.0431 e. The molecule has 1 aromatic rings. The molecule has 0 saturated heterocycles. The van der Waals surface area contributed by atoms with Gasteiger partial charge in [-0.2, -0.15) is 0 Å². The number of nitrogens with zero attached hydrogens (tertiary/aromatic N) is 1. The van der Waals surface area contributed by atoms with Crippen molar-refractivity contribution < 1.29 is 5.11 Å². The van der Waals surface area contributed by atoms with Gasteiger partial charge in [-0.15, -0.1) is 0 Å². The standard InChI is InChI=1S/C12H16BrNO/c13-11-4-3-10-5-7-14(12(10)9-11)6-1-2-8-15/h3-4,9,15H,1-2,5-8H2. The molecule has 82 valence electrons. The zero-order valence-corrected chi connectivity index (χ0v) is 10.3. The van der Waals surface area contributed by atoms with Gasteiger partial charge in [0.1, 0.15) is 0 Å². The summed E-state index contributed by atoms with van der Waals surface area (Å²) in [6.07, 6.45) is 3.13. The van der Waals surface area contributed by atoms with Gasteiger partial charge in [0.15, 0.2) is 0 Å². The summed E-state index contributed by atoms with van der Waals surface area (Å²) >= 11 is 3.51. The molecule has 2 rings (SSSR count). The van der Waals surface area contributed by atoms with Crippen LogP contribution in [0.25, 0.3) is 0 Å². The van der Waals surface area contributed by atoms with E-state index in [0.29, 0.717) is 6.61 Å². The lowest BCUT2D eigenvalue weighted by Gasteiger charge is -2.19. The Hall–Kier alpha value is -0.540. The molecule has 0 atom stereocenters. The normalized spacial score (nSPS) is 14.4. The Morgan fingerprint density at radius 2 is 2.20 bits per heavy atom. The number of aliphatic hydroxyl groups is 1. The van der Waals surface area contributed by atoms with Crippen LogP contribution < -0.4 is 4.90 Å². The highest BCUT2D eigenvalue weighted by Crippen LogP contribution is 2.30. The molecule has 15 heavy (non-hydrogen) atoms. The first-order valence-corrected chi connectivity index (χ1v) is 6.25. The number of fused-ring (bicyclic) bond motifs is 1. The topological polar surface area (TPSA) is 23.5 Å². The summed E-state index contributed by atoms with van der Waals surface area (Å²) in [7, 11) is 0. The summed E-state index contributed by atoms with van der Waals surface area (Å²) < 4.78 is 1.15. The first kappa shape index (κ1) is 11.0. The van der Waals surface area contributed by atoms with Gasteiger partial charge in [0, 0.05) is 29.9 Å². The van der Waals surface area contributed by atoms with Gasteiger partial charge in [-0.3, -0.25) is 0 Å². The highest BCUT2D eigenvalue weighted by atomic mass is 79.9. The fourth-order valence-corrected chi connectivity index (χ4v) is 2.41. The summed E-state index contributed by atoms with van der Waals surface area (Å²) in [5.41, 5.74) is 2.81. The average Bonchev–Trinajstić information content (AvgIpc) is 2.62. The Bertz CT molecular complexity index is 340. The molecule has 0 aliphatic carbocycles. The second-order valence-electron chi connectivity index (χ2n) is 3.94. The summed E-state index contributed by atoms with van der Waals surface area (Å²) in [5, 5.41) is 8.75. The molecule has 0 radical (unpaired) electrons. The maximum absolute atomic E-state index is 8.75. The van der Waals surface area contributed by atoms with Crippen molar-refractivity contribution in [2.75, 3.05) is 24.6 Å². The van der Waals surface area contributed by atoms with Crippen LogP contribution >= 0.6 is 15.9 Å². The Morgan fingerprint density at radius 1 is 1.33 bits per heavy atom. The number of rotatable bonds is 4. The Kier molecular flexibility index (Phi) is 3.65. The van der Waals surface area contributed by atoms with Crippen molar-refractivity contribution in [3.8, 4) is 0 Å². The predicted octanol–water partition coefficient (Wildman–Crippen LogP) is 2.58. The summed E-state index contributed by atoms with van der Waals surface area (Å²) in [6.45, 7) is 2.49. The van der Waals surface area contributed by atoms with Crippen LogP contribution in [0.1, 0.15) is 18.4 Å². The number of hydrogen-bond donors (Lipinski definition) is 1. The van der Waals surface area contributed by atoms with E-state index < -0.39 is 0 Å². The van der Waals surface area contributed by atoms with Gasteiger partial charge in [0.2, 0.25) is 0 Å². The van der Waals surface area contributed by atoms with Crippen molar-refractivity contribution in [1.82, 2.24) is 0 Å². The van der Waals surface area contributed by atoms with Crippen molar-refractivity contribution in [2.45, 2.75) is 19.3 Å². The van der Waals surface area contributed by atoms with Crippen LogP contribution in [-0.4, -0.2) is 24.8 Å². The molecule has 1 heterocycles. The van der Waals surface area contributed by atoms with Crippen molar-refractivity contribution >= 4 is 21.6 Å². The van der Waals surface area contributed by atoms with Crippen molar-refractivity contribution in [3.05, 3.63) is 28.2 Å². The Balaban J connectivity index is 2.03. The Morgan fingerprint density at radius 3 is 3.00 bits per heavy atom. The minimum atomic E-state index is 0.305. The zero-order chi connectivity index (χ0) is 10.7. The van der Waals surface area contributed by atoms with E-state index in [4.69, 9.17) is 5.11 Å². The summed E-state index contributed by atoms with van der Waals surface area (Å²) in [6, 6.07) is 6.50. The van der Waals surface area contributed by atoms with E-state index in [1.54, 1.807) is 0 Å². The number of unbranched alkanes of at least 4 members (excludes halogenated alkanes) is 1. The largest absolute Gasteiger partial charge is 0.396 e. The second-order valence-corrected chi connectivity index (χ2v) is 4.86. The third kappa shape index (κ3) is 2.52. The van der Waals surface area contributed by atoms with Crippen LogP contribution in [0.4, 0.5) is 5.69 Å². The molecule has 1 aromatic carbocycles. The average molecular weight is 270 g/mol. The molecular weight excluding hydrogens is 254 g/mol. The number of benzene rings is 1. The monoisotopic (exact) mass is 269 g/mol. The van der Waals surface area contributed by atoms with E-state index >= 15 is 0 Å². The van der Waals surface area contributed by atoms with Crippen molar-refractivity contribution in [3.63, 3.8) is 0 Å². The maximum atomic E-state index is 8.75.